The van der Waals surface area contributed by atoms with Gasteiger partial charge in [0.2, 0.25) is 0 Å². The zero-order valence-electron chi connectivity index (χ0n) is 17.6. The summed E-state index contributed by atoms with van der Waals surface area (Å²) in [6.07, 6.45) is 0. The summed E-state index contributed by atoms with van der Waals surface area (Å²) in [7, 11) is 1.80. The van der Waals surface area contributed by atoms with Crippen molar-refractivity contribution in [3.8, 4) is 0 Å². The minimum atomic E-state index is 0. The van der Waals surface area contributed by atoms with Crippen LogP contribution in [0.2, 0.25) is 0 Å². The average Bonchev–Trinajstić information content (AvgIpc) is 2.96. The van der Waals surface area contributed by atoms with Crippen LogP contribution in [-0.4, -0.2) is 22.8 Å². The van der Waals surface area contributed by atoms with E-state index in [-0.39, 0.29) is 24.0 Å². The first kappa shape index (κ1) is 22.9. The molecule has 2 aromatic carbocycles. The molecule has 1 aromatic heterocycles. The Bertz CT molecular complexity index is 947. The molecule has 0 spiro atoms. The first-order valence-electron chi connectivity index (χ1n) is 9.63. The van der Waals surface area contributed by atoms with Crippen molar-refractivity contribution in [3.63, 3.8) is 0 Å². The number of hydrogen-bond acceptors (Lipinski definition) is 2. The topological polar surface area (TPSA) is 54.2 Å². The van der Waals surface area contributed by atoms with Gasteiger partial charge in [-0.05, 0) is 31.9 Å². The van der Waals surface area contributed by atoms with Crippen LogP contribution < -0.4 is 10.6 Å². The van der Waals surface area contributed by atoms with Gasteiger partial charge in [0, 0.05) is 31.4 Å². The molecule has 2 N–H and O–H groups in total. The SMILES string of the molecule is CN=C(NCc1cccc(C)c1)NCc1c(C)nn(Cc2ccccc2)c1C.I. The maximum Gasteiger partial charge on any atom is 0.191 e. The van der Waals surface area contributed by atoms with E-state index in [9.17, 15) is 0 Å². The Morgan fingerprint density at radius 3 is 2.31 bits per heavy atom. The van der Waals surface area contributed by atoms with Gasteiger partial charge in [-0.25, -0.2) is 0 Å². The highest BCUT2D eigenvalue weighted by atomic mass is 127. The minimum Gasteiger partial charge on any atom is -0.352 e. The molecule has 0 fully saturated rings. The van der Waals surface area contributed by atoms with Crippen LogP contribution >= 0.6 is 24.0 Å². The quantitative estimate of drug-likeness (QED) is 0.299. The van der Waals surface area contributed by atoms with Crippen molar-refractivity contribution in [3.05, 3.63) is 88.2 Å². The van der Waals surface area contributed by atoms with Gasteiger partial charge >= 0.3 is 0 Å². The number of guanidine groups is 1. The molecule has 0 radical (unpaired) electrons. The molecule has 3 aromatic rings. The highest BCUT2D eigenvalue weighted by Gasteiger charge is 2.12. The summed E-state index contributed by atoms with van der Waals surface area (Å²) in [6, 6.07) is 18.9. The van der Waals surface area contributed by atoms with E-state index in [1.54, 1.807) is 7.05 Å². The minimum absolute atomic E-state index is 0. The highest BCUT2D eigenvalue weighted by molar-refractivity contribution is 14.0. The molecule has 0 amide bonds. The third-order valence-corrected chi connectivity index (χ3v) is 4.91. The summed E-state index contributed by atoms with van der Waals surface area (Å²) in [5.74, 6) is 0.788. The Labute approximate surface area is 190 Å². The van der Waals surface area contributed by atoms with Gasteiger partial charge in [0.15, 0.2) is 5.96 Å². The Morgan fingerprint density at radius 2 is 1.62 bits per heavy atom. The van der Waals surface area contributed by atoms with E-state index in [0.717, 1.165) is 24.7 Å². The van der Waals surface area contributed by atoms with Gasteiger partial charge in [-0.2, -0.15) is 5.10 Å². The normalized spacial score (nSPS) is 11.1. The fraction of sp³-hybridized carbons (Fsp3) is 0.304. The van der Waals surface area contributed by atoms with Crippen molar-refractivity contribution in [2.75, 3.05) is 7.05 Å². The number of aryl methyl sites for hydroxylation is 2. The summed E-state index contributed by atoms with van der Waals surface area (Å²) in [5.41, 5.74) is 7.21. The molecule has 6 heteroatoms. The van der Waals surface area contributed by atoms with Crippen LogP contribution in [0.15, 0.2) is 59.6 Å². The molecule has 29 heavy (non-hydrogen) atoms. The molecule has 0 unspecified atom stereocenters. The van der Waals surface area contributed by atoms with Crippen LogP contribution in [0, 0.1) is 20.8 Å². The lowest BCUT2D eigenvalue weighted by atomic mass is 10.1. The van der Waals surface area contributed by atoms with E-state index in [1.165, 1.54) is 27.9 Å². The first-order valence-corrected chi connectivity index (χ1v) is 9.63. The van der Waals surface area contributed by atoms with Crippen molar-refractivity contribution >= 4 is 29.9 Å². The molecule has 3 rings (SSSR count). The van der Waals surface area contributed by atoms with E-state index in [2.05, 4.69) is 89.6 Å². The molecule has 0 aliphatic carbocycles. The van der Waals surface area contributed by atoms with Gasteiger partial charge in [0.1, 0.15) is 0 Å². The van der Waals surface area contributed by atoms with Gasteiger partial charge in [-0.1, -0.05) is 60.2 Å². The van der Waals surface area contributed by atoms with Gasteiger partial charge < -0.3 is 10.6 Å². The second-order valence-electron chi connectivity index (χ2n) is 7.06. The molecule has 0 aliphatic heterocycles. The lowest BCUT2D eigenvalue weighted by Crippen LogP contribution is -2.36. The Hall–Kier alpha value is -2.35. The van der Waals surface area contributed by atoms with Crippen LogP contribution in [-0.2, 0) is 19.6 Å². The molecule has 1 heterocycles. The van der Waals surface area contributed by atoms with Crippen LogP contribution in [0.5, 0.6) is 0 Å². The molecule has 154 valence electrons. The molecule has 0 saturated heterocycles. The summed E-state index contributed by atoms with van der Waals surface area (Å²) in [4.78, 5) is 4.34. The third kappa shape index (κ3) is 6.32. The van der Waals surface area contributed by atoms with Gasteiger partial charge in [0.05, 0.1) is 12.2 Å². The Kier molecular flexibility index (Phi) is 8.70. The molecule has 0 aliphatic rings. The van der Waals surface area contributed by atoms with E-state index >= 15 is 0 Å². The number of nitrogens with zero attached hydrogens (tertiary/aromatic N) is 3. The predicted molar refractivity (Wildman–Crippen MR) is 131 cm³/mol. The van der Waals surface area contributed by atoms with Crippen molar-refractivity contribution in [2.45, 2.75) is 40.4 Å². The van der Waals surface area contributed by atoms with Crippen molar-refractivity contribution in [1.29, 1.82) is 0 Å². The maximum absolute atomic E-state index is 4.73. The second kappa shape index (κ2) is 11.0. The van der Waals surface area contributed by atoms with Gasteiger partial charge in [0.25, 0.3) is 0 Å². The predicted octanol–water partition coefficient (Wildman–Crippen LogP) is 4.34. The number of benzene rings is 2. The molecular weight excluding hydrogens is 473 g/mol. The zero-order chi connectivity index (χ0) is 19.9. The molecule has 5 nitrogen and oxygen atoms in total. The van der Waals surface area contributed by atoms with Crippen molar-refractivity contribution < 1.29 is 0 Å². The van der Waals surface area contributed by atoms with E-state index < -0.39 is 0 Å². The average molecular weight is 503 g/mol. The molecular formula is C23H30IN5. The molecule has 0 atom stereocenters. The zero-order valence-corrected chi connectivity index (χ0v) is 19.9. The Balaban J connectivity index is 0.00000300. The number of aliphatic imine (C=N–C) groups is 1. The standard InChI is InChI=1S/C23H29N5.HI/c1-17-9-8-12-21(13-17)14-25-23(24-4)26-15-22-18(2)27-28(19(22)3)16-20-10-6-5-7-11-20;/h5-13H,14-16H2,1-4H3,(H2,24,25,26);1H. The van der Waals surface area contributed by atoms with Crippen molar-refractivity contribution in [2.24, 2.45) is 4.99 Å². The smallest absolute Gasteiger partial charge is 0.191 e. The van der Waals surface area contributed by atoms with E-state index in [0.29, 0.717) is 6.54 Å². The lowest BCUT2D eigenvalue weighted by molar-refractivity contribution is 0.657. The fourth-order valence-corrected chi connectivity index (χ4v) is 3.30. The van der Waals surface area contributed by atoms with Crippen LogP contribution in [0.1, 0.15) is 33.6 Å². The summed E-state index contributed by atoms with van der Waals surface area (Å²) < 4.78 is 2.07. The maximum atomic E-state index is 4.73. The number of rotatable bonds is 6. The number of halogens is 1. The summed E-state index contributed by atoms with van der Waals surface area (Å²) in [5, 5.41) is 11.5. The van der Waals surface area contributed by atoms with E-state index in [4.69, 9.17) is 5.10 Å². The largest absolute Gasteiger partial charge is 0.352 e. The third-order valence-electron chi connectivity index (χ3n) is 4.91. The number of hydrogen-bond donors (Lipinski definition) is 2. The van der Waals surface area contributed by atoms with Crippen LogP contribution in [0.25, 0.3) is 0 Å². The summed E-state index contributed by atoms with van der Waals surface area (Å²) in [6.45, 7) is 8.52. The first-order chi connectivity index (χ1) is 13.6. The molecule has 0 bridgehead atoms. The number of nitrogens with one attached hydrogen (secondary N) is 2. The molecule has 0 saturated carbocycles. The van der Waals surface area contributed by atoms with Crippen molar-refractivity contribution in [1.82, 2.24) is 20.4 Å². The second-order valence-corrected chi connectivity index (χ2v) is 7.06. The van der Waals surface area contributed by atoms with Gasteiger partial charge in [-0.3, -0.25) is 9.67 Å². The fourth-order valence-electron chi connectivity index (χ4n) is 3.30. The highest BCUT2D eigenvalue weighted by Crippen LogP contribution is 2.14. The van der Waals surface area contributed by atoms with Gasteiger partial charge in [-0.15, -0.1) is 24.0 Å². The van der Waals surface area contributed by atoms with Crippen LogP contribution in [0.4, 0.5) is 0 Å². The summed E-state index contributed by atoms with van der Waals surface area (Å²) >= 11 is 0. The number of aromatic nitrogens is 2. The monoisotopic (exact) mass is 503 g/mol. The van der Waals surface area contributed by atoms with Crippen LogP contribution in [0.3, 0.4) is 0 Å². The Morgan fingerprint density at radius 1 is 0.931 bits per heavy atom. The van der Waals surface area contributed by atoms with E-state index in [1.807, 2.05) is 6.07 Å². The lowest BCUT2D eigenvalue weighted by Gasteiger charge is -2.13.